The van der Waals surface area contributed by atoms with Crippen molar-refractivity contribution < 1.29 is 18.0 Å². The summed E-state index contributed by atoms with van der Waals surface area (Å²) >= 11 is 0. The minimum Gasteiger partial charge on any atom is -0.354 e. The number of sulfonamides is 1. The maximum atomic E-state index is 11.6. The second-order valence-electron chi connectivity index (χ2n) is 4.39. The lowest BCUT2D eigenvalue weighted by atomic mass is 10.2. The van der Waals surface area contributed by atoms with Crippen LogP contribution in [-0.2, 0) is 19.6 Å². The van der Waals surface area contributed by atoms with E-state index in [1.807, 2.05) is 0 Å². The standard InChI is InChI=1S/C10H19N3O4S/c1-13(18(2,16)17)7-3-6-11-10(15)8-4-5-9(14)12-8/h8H,3-7H2,1-2H3,(H,11,15)(H,12,14)/t8-/m1/s1. The van der Waals surface area contributed by atoms with Gasteiger partial charge in [0, 0.05) is 26.6 Å². The van der Waals surface area contributed by atoms with E-state index in [0.717, 1.165) is 6.26 Å². The molecule has 0 bridgehead atoms. The first-order valence-corrected chi connectivity index (χ1v) is 7.64. The molecular weight excluding hydrogens is 258 g/mol. The molecule has 1 atom stereocenters. The van der Waals surface area contributed by atoms with E-state index in [4.69, 9.17) is 0 Å². The summed E-state index contributed by atoms with van der Waals surface area (Å²) < 4.78 is 23.4. The van der Waals surface area contributed by atoms with Crippen molar-refractivity contribution in [3.8, 4) is 0 Å². The van der Waals surface area contributed by atoms with Gasteiger partial charge in [-0.05, 0) is 12.8 Å². The molecule has 0 aromatic rings. The summed E-state index contributed by atoms with van der Waals surface area (Å²) in [4.78, 5) is 22.5. The Morgan fingerprint density at radius 1 is 1.56 bits per heavy atom. The molecule has 18 heavy (non-hydrogen) atoms. The number of amides is 2. The molecule has 2 N–H and O–H groups in total. The number of hydrogen-bond acceptors (Lipinski definition) is 4. The molecule has 0 aromatic carbocycles. The number of rotatable bonds is 6. The van der Waals surface area contributed by atoms with Gasteiger partial charge >= 0.3 is 0 Å². The lowest BCUT2D eigenvalue weighted by Crippen LogP contribution is -2.42. The summed E-state index contributed by atoms with van der Waals surface area (Å²) in [6.07, 6.45) is 2.58. The van der Waals surface area contributed by atoms with Gasteiger partial charge in [0.25, 0.3) is 0 Å². The first kappa shape index (κ1) is 14.9. The van der Waals surface area contributed by atoms with Gasteiger partial charge in [-0.25, -0.2) is 12.7 Å². The molecule has 8 heteroatoms. The predicted molar refractivity (Wildman–Crippen MR) is 66.3 cm³/mol. The molecule has 0 saturated carbocycles. The Morgan fingerprint density at radius 2 is 2.22 bits per heavy atom. The maximum Gasteiger partial charge on any atom is 0.242 e. The number of hydrogen-bond donors (Lipinski definition) is 2. The van der Waals surface area contributed by atoms with E-state index in [-0.39, 0.29) is 11.8 Å². The molecule has 0 spiro atoms. The second kappa shape index (κ2) is 6.14. The molecule has 104 valence electrons. The third-order valence-corrected chi connectivity index (χ3v) is 4.14. The van der Waals surface area contributed by atoms with Gasteiger partial charge in [-0.3, -0.25) is 9.59 Å². The molecular formula is C10H19N3O4S. The van der Waals surface area contributed by atoms with Crippen LogP contribution in [0, 0.1) is 0 Å². The van der Waals surface area contributed by atoms with Crippen molar-refractivity contribution in [2.75, 3.05) is 26.4 Å². The van der Waals surface area contributed by atoms with Crippen molar-refractivity contribution in [1.29, 1.82) is 0 Å². The van der Waals surface area contributed by atoms with Crippen molar-refractivity contribution in [3.63, 3.8) is 0 Å². The van der Waals surface area contributed by atoms with Gasteiger partial charge in [0.2, 0.25) is 21.8 Å². The van der Waals surface area contributed by atoms with E-state index in [2.05, 4.69) is 10.6 Å². The van der Waals surface area contributed by atoms with Gasteiger partial charge < -0.3 is 10.6 Å². The van der Waals surface area contributed by atoms with Gasteiger partial charge in [-0.2, -0.15) is 0 Å². The van der Waals surface area contributed by atoms with Crippen LogP contribution in [0.2, 0.25) is 0 Å². The number of carbonyl (C=O) groups is 2. The Kier molecular flexibility index (Phi) is 5.09. The molecule has 1 heterocycles. The van der Waals surface area contributed by atoms with Crippen LogP contribution >= 0.6 is 0 Å². The van der Waals surface area contributed by atoms with Crippen LogP contribution < -0.4 is 10.6 Å². The Balaban J connectivity index is 2.18. The Hall–Kier alpha value is -1.15. The monoisotopic (exact) mass is 277 g/mol. The minimum absolute atomic E-state index is 0.105. The molecule has 0 unspecified atom stereocenters. The molecule has 1 fully saturated rings. The fraction of sp³-hybridized carbons (Fsp3) is 0.800. The number of carbonyl (C=O) groups excluding carboxylic acids is 2. The highest BCUT2D eigenvalue weighted by molar-refractivity contribution is 7.88. The van der Waals surface area contributed by atoms with Crippen LogP contribution in [-0.4, -0.2) is 57.0 Å². The summed E-state index contributed by atoms with van der Waals surface area (Å²) in [7, 11) is -1.67. The first-order valence-electron chi connectivity index (χ1n) is 5.79. The van der Waals surface area contributed by atoms with E-state index < -0.39 is 16.1 Å². The van der Waals surface area contributed by atoms with Crippen LogP contribution in [0.15, 0.2) is 0 Å². The highest BCUT2D eigenvalue weighted by atomic mass is 32.2. The van der Waals surface area contributed by atoms with Crippen molar-refractivity contribution in [2.24, 2.45) is 0 Å². The summed E-state index contributed by atoms with van der Waals surface area (Å²) in [6, 6.07) is -0.440. The van der Waals surface area contributed by atoms with Crippen molar-refractivity contribution in [2.45, 2.75) is 25.3 Å². The Labute approximate surface area is 107 Å². The summed E-state index contributed by atoms with van der Waals surface area (Å²) in [6.45, 7) is 0.751. The SMILES string of the molecule is CN(CCCNC(=O)[C@H]1CCC(=O)N1)S(C)(=O)=O. The topological polar surface area (TPSA) is 95.6 Å². The Morgan fingerprint density at radius 3 is 2.72 bits per heavy atom. The van der Waals surface area contributed by atoms with Crippen LogP contribution in [0.1, 0.15) is 19.3 Å². The van der Waals surface area contributed by atoms with E-state index >= 15 is 0 Å². The molecule has 0 aliphatic carbocycles. The molecule has 0 radical (unpaired) electrons. The van der Waals surface area contributed by atoms with Crippen LogP contribution in [0.3, 0.4) is 0 Å². The zero-order chi connectivity index (χ0) is 13.8. The van der Waals surface area contributed by atoms with Crippen molar-refractivity contribution in [1.82, 2.24) is 14.9 Å². The molecule has 2 amide bonds. The third-order valence-electron chi connectivity index (χ3n) is 2.83. The largest absolute Gasteiger partial charge is 0.354 e. The maximum absolute atomic E-state index is 11.6. The van der Waals surface area contributed by atoms with Crippen LogP contribution in [0.4, 0.5) is 0 Å². The van der Waals surface area contributed by atoms with E-state index in [9.17, 15) is 18.0 Å². The molecule has 1 rings (SSSR count). The fourth-order valence-electron chi connectivity index (χ4n) is 1.61. The van der Waals surface area contributed by atoms with Crippen LogP contribution in [0.25, 0.3) is 0 Å². The highest BCUT2D eigenvalue weighted by Crippen LogP contribution is 2.06. The van der Waals surface area contributed by atoms with Gasteiger partial charge in [0.15, 0.2) is 0 Å². The van der Waals surface area contributed by atoms with Crippen molar-refractivity contribution >= 4 is 21.8 Å². The molecule has 1 aliphatic rings. The quantitative estimate of drug-likeness (QED) is 0.588. The highest BCUT2D eigenvalue weighted by Gasteiger charge is 2.26. The number of nitrogens with one attached hydrogen (secondary N) is 2. The lowest BCUT2D eigenvalue weighted by Gasteiger charge is -2.15. The van der Waals surface area contributed by atoms with E-state index in [0.29, 0.717) is 32.4 Å². The zero-order valence-electron chi connectivity index (χ0n) is 10.6. The molecule has 0 aromatic heterocycles. The second-order valence-corrected chi connectivity index (χ2v) is 6.48. The van der Waals surface area contributed by atoms with Gasteiger partial charge in [0.05, 0.1) is 6.26 Å². The minimum atomic E-state index is -3.16. The van der Waals surface area contributed by atoms with Gasteiger partial charge in [-0.15, -0.1) is 0 Å². The summed E-state index contributed by atoms with van der Waals surface area (Å²) in [5, 5.41) is 5.25. The van der Waals surface area contributed by atoms with Crippen LogP contribution in [0.5, 0.6) is 0 Å². The van der Waals surface area contributed by atoms with E-state index in [1.54, 1.807) is 0 Å². The van der Waals surface area contributed by atoms with Gasteiger partial charge in [0.1, 0.15) is 6.04 Å². The van der Waals surface area contributed by atoms with E-state index in [1.165, 1.54) is 11.4 Å². The van der Waals surface area contributed by atoms with Crippen molar-refractivity contribution in [3.05, 3.63) is 0 Å². The smallest absolute Gasteiger partial charge is 0.242 e. The summed E-state index contributed by atoms with van der Waals surface area (Å²) in [5.41, 5.74) is 0. The first-order chi connectivity index (χ1) is 8.30. The average molecular weight is 277 g/mol. The predicted octanol–water partition coefficient (Wildman–Crippen LogP) is -1.34. The normalized spacial score (nSPS) is 19.9. The number of nitrogens with zero attached hydrogens (tertiary/aromatic N) is 1. The Bertz CT molecular complexity index is 421. The average Bonchev–Trinajstić information content (AvgIpc) is 2.69. The third kappa shape index (κ3) is 4.61. The zero-order valence-corrected chi connectivity index (χ0v) is 11.4. The summed E-state index contributed by atoms with van der Waals surface area (Å²) in [5.74, 6) is -0.310. The molecule has 1 aliphatic heterocycles. The lowest BCUT2D eigenvalue weighted by molar-refractivity contribution is -0.125. The molecule has 7 nitrogen and oxygen atoms in total. The van der Waals surface area contributed by atoms with Gasteiger partial charge in [-0.1, -0.05) is 0 Å². The fourth-order valence-corrected chi connectivity index (χ4v) is 2.07. The molecule has 1 saturated heterocycles.